The molecule has 0 saturated carbocycles. The van der Waals surface area contributed by atoms with Gasteiger partial charge >= 0.3 is 0 Å². The van der Waals surface area contributed by atoms with Gasteiger partial charge in [0.25, 0.3) is 0 Å². The van der Waals surface area contributed by atoms with Gasteiger partial charge in [0.1, 0.15) is 5.75 Å². The maximum atomic E-state index is 5.07. The van der Waals surface area contributed by atoms with Crippen LogP contribution in [0.3, 0.4) is 0 Å². The molecule has 0 aliphatic heterocycles. The van der Waals surface area contributed by atoms with E-state index < -0.39 is 0 Å². The summed E-state index contributed by atoms with van der Waals surface area (Å²) in [6.45, 7) is 6.40. The van der Waals surface area contributed by atoms with Gasteiger partial charge < -0.3 is 7.97 Å². The van der Waals surface area contributed by atoms with Crippen molar-refractivity contribution in [3.8, 4) is 5.75 Å². The molecule has 0 unspecified atom stereocenters. The third-order valence-electron chi connectivity index (χ3n) is 2.05. The monoisotopic (exact) mass is 291 g/mol. The van der Waals surface area contributed by atoms with Crippen LogP contribution in [0.15, 0.2) is 24.3 Å². The predicted octanol–water partition coefficient (Wildman–Crippen LogP) is 3.26. The zero-order chi connectivity index (χ0) is 9.68. The second-order valence-corrected chi connectivity index (χ2v) is 3.18. The third-order valence-corrected chi connectivity index (χ3v) is 2.56. The lowest BCUT2D eigenvalue weighted by Crippen LogP contribution is -2.21. The summed E-state index contributed by atoms with van der Waals surface area (Å²) >= 11 is 1.89. The maximum absolute atomic E-state index is 5.07. The summed E-state index contributed by atoms with van der Waals surface area (Å²) in [7, 11) is 0. The summed E-state index contributed by atoms with van der Waals surface area (Å²) in [5.74, 6) is 0.900. The van der Waals surface area contributed by atoms with E-state index in [1.807, 2.05) is 35.1 Å². The zero-order valence-corrected chi connectivity index (χ0v) is 10.1. The number of nitrogens with zero attached hydrogens (tertiary/aromatic N) is 1. The molecule has 72 valence electrons. The highest BCUT2D eigenvalue weighted by Crippen LogP contribution is 2.20. The highest BCUT2D eigenvalue weighted by molar-refractivity contribution is 14.1. The quantitative estimate of drug-likeness (QED) is 0.789. The molecular formula is C10H14INO. The number of hydrogen-bond acceptors (Lipinski definition) is 2. The van der Waals surface area contributed by atoms with E-state index in [9.17, 15) is 0 Å². The van der Waals surface area contributed by atoms with Crippen molar-refractivity contribution in [3.05, 3.63) is 24.3 Å². The topological polar surface area (TPSA) is 12.5 Å². The van der Waals surface area contributed by atoms with Crippen LogP contribution in [-0.4, -0.2) is 13.1 Å². The molecule has 0 saturated heterocycles. The lowest BCUT2D eigenvalue weighted by Gasteiger charge is -2.20. The molecule has 1 aromatic carbocycles. The van der Waals surface area contributed by atoms with Gasteiger partial charge in [-0.25, -0.2) is 0 Å². The number of benzene rings is 1. The minimum Gasteiger partial charge on any atom is -0.428 e. The molecule has 0 radical (unpaired) electrons. The molecule has 0 heterocycles. The van der Waals surface area contributed by atoms with Crippen LogP contribution in [0.1, 0.15) is 13.8 Å². The van der Waals surface area contributed by atoms with Gasteiger partial charge in [-0.05, 0) is 38.1 Å². The van der Waals surface area contributed by atoms with E-state index in [1.165, 1.54) is 5.69 Å². The fraction of sp³-hybridized carbons (Fsp3) is 0.400. The van der Waals surface area contributed by atoms with E-state index in [0.717, 1.165) is 18.8 Å². The summed E-state index contributed by atoms with van der Waals surface area (Å²) < 4.78 is 5.07. The molecule has 3 heteroatoms. The summed E-state index contributed by atoms with van der Waals surface area (Å²) in [4.78, 5) is 2.30. The van der Waals surface area contributed by atoms with Crippen molar-refractivity contribution in [1.82, 2.24) is 0 Å². The molecule has 0 N–H and O–H groups in total. The van der Waals surface area contributed by atoms with Gasteiger partial charge in [0.05, 0.1) is 0 Å². The third kappa shape index (κ3) is 2.76. The summed E-state index contributed by atoms with van der Waals surface area (Å²) in [5.41, 5.74) is 1.25. The molecule has 2 nitrogen and oxygen atoms in total. The standard InChI is InChI=1S/C10H14INO/c1-3-12(4-2)9-5-7-10(13-11)8-6-9/h5-8H,3-4H2,1-2H3. The minimum absolute atomic E-state index is 0.900. The first-order valence-electron chi connectivity index (χ1n) is 4.45. The van der Waals surface area contributed by atoms with Crippen LogP contribution in [0.2, 0.25) is 0 Å². The Bertz CT molecular complexity index is 244. The molecule has 0 spiro atoms. The van der Waals surface area contributed by atoms with Crippen molar-refractivity contribution < 1.29 is 3.07 Å². The Morgan fingerprint density at radius 2 is 1.69 bits per heavy atom. The van der Waals surface area contributed by atoms with Crippen molar-refractivity contribution in [2.24, 2.45) is 0 Å². The Morgan fingerprint density at radius 3 is 2.08 bits per heavy atom. The van der Waals surface area contributed by atoms with Crippen LogP contribution >= 0.6 is 23.0 Å². The highest BCUT2D eigenvalue weighted by atomic mass is 127. The SMILES string of the molecule is CCN(CC)c1ccc(OI)cc1. The van der Waals surface area contributed by atoms with E-state index in [-0.39, 0.29) is 0 Å². The number of rotatable bonds is 4. The van der Waals surface area contributed by atoms with Crippen molar-refractivity contribution in [3.63, 3.8) is 0 Å². The molecule has 0 atom stereocenters. The van der Waals surface area contributed by atoms with E-state index in [4.69, 9.17) is 3.07 Å². The van der Waals surface area contributed by atoms with E-state index in [0.29, 0.717) is 0 Å². The van der Waals surface area contributed by atoms with Crippen LogP contribution in [-0.2, 0) is 0 Å². The maximum Gasteiger partial charge on any atom is 0.192 e. The van der Waals surface area contributed by atoms with E-state index >= 15 is 0 Å². The first-order chi connectivity index (χ1) is 6.31. The first kappa shape index (κ1) is 10.6. The lowest BCUT2D eigenvalue weighted by atomic mass is 10.2. The number of halogens is 1. The Balaban J connectivity index is 2.78. The molecule has 0 aromatic heterocycles. The van der Waals surface area contributed by atoms with Gasteiger partial charge in [-0.1, -0.05) is 0 Å². The van der Waals surface area contributed by atoms with Gasteiger partial charge in [0.15, 0.2) is 23.0 Å². The Labute approximate surface area is 93.6 Å². The molecule has 0 bridgehead atoms. The summed E-state index contributed by atoms with van der Waals surface area (Å²) in [6.07, 6.45) is 0. The molecule has 13 heavy (non-hydrogen) atoms. The zero-order valence-electron chi connectivity index (χ0n) is 7.96. The summed E-state index contributed by atoms with van der Waals surface area (Å²) in [5, 5.41) is 0. The van der Waals surface area contributed by atoms with Crippen molar-refractivity contribution in [2.75, 3.05) is 18.0 Å². The largest absolute Gasteiger partial charge is 0.428 e. The molecule has 1 aromatic rings. The van der Waals surface area contributed by atoms with Gasteiger partial charge in [-0.3, -0.25) is 0 Å². The van der Waals surface area contributed by atoms with Gasteiger partial charge in [0.2, 0.25) is 0 Å². The number of anilines is 1. The fourth-order valence-electron chi connectivity index (χ4n) is 1.30. The van der Waals surface area contributed by atoms with Crippen LogP contribution in [0.5, 0.6) is 5.75 Å². The Hall–Kier alpha value is -0.450. The van der Waals surface area contributed by atoms with E-state index in [1.54, 1.807) is 0 Å². The van der Waals surface area contributed by atoms with Crippen LogP contribution in [0.4, 0.5) is 5.69 Å². The van der Waals surface area contributed by atoms with Crippen molar-refractivity contribution >= 4 is 28.7 Å². The van der Waals surface area contributed by atoms with Crippen LogP contribution in [0.25, 0.3) is 0 Å². The van der Waals surface area contributed by atoms with Gasteiger partial charge in [0, 0.05) is 18.8 Å². The molecule has 0 aliphatic carbocycles. The molecule has 0 fully saturated rings. The smallest absolute Gasteiger partial charge is 0.192 e. The van der Waals surface area contributed by atoms with Crippen LogP contribution in [0, 0.1) is 0 Å². The minimum atomic E-state index is 0.900. The lowest BCUT2D eigenvalue weighted by molar-refractivity contribution is 0.716. The van der Waals surface area contributed by atoms with Crippen molar-refractivity contribution in [1.29, 1.82) is 0 Å². The van der Waals surface area contributed by atoms with Crippen molar-refractivity contribution in [2.45, 2.75) is 13.8 Å². The molecule has 0 aliphatic rings. The first-order valence-corrected chi connectivity index (χ1v) is 5.33. The number of hydrogen-bond donors (Lipinski definition) is 0. The fourth-order valence-corrected chi connectivity index (χ4v) is 1.59. The van der Waals surface area contributed by atoms with Gasteiger partial charge in [-0.15, -0.1) is 0 Å². The normalized spacial score (nSPS) is 9.77. The highest BCUT2D eigenvalue weighted by Gasteiger charge is 2.00. The van der Waals surface area contributed by atoms with E-state index in [2.05, 4.69) is 30.9 Å². The Kier molecular flexibility index (Phi) is 4.35. The second kappa shape index (κ2) is 5.32. The molecule has 0 amide bonds. The predicted molar refractivity (Wildman–Crippen MR) is 64.7 cm³/mol. The molecule has 1 rings (SSSR count). The second-order valence-electron chi connectivity index (χ2n) is 2.74. The van der Waals surface area contributed by atoms with Crippen LogP contribution < -0.4 is 7.97 Å². The Morgan fingerprint density at radius 1 is 1.15 bits per heavy atom. The average Bonchev–Trinajstić information content (AvgIpc) is 2.21. The average molecular weight is 291 g/mol. The summed E-state index contributed by atoms with van der Waals surface area (Å²) in [6, 6.07) is 8.14. The van der Waals surface area contributed by atoms with Gasteiger partial charge in [-0.2, -0.15) is 0 Å². The molecular weight excluding hydrogens is 277 g/mol.